The molecule has 96 valence electrons. The predicted molar refractivity (Wildman–Crippen MR) is 69.7 cm³/mol. The average Bonchev–Trinajstić information content (AvgIpc) is 2.21. The standard InChI is InChI=1S/C12H22N4O/c1-8-7-14-11(13)16-10(8)15-9(5-6-17)12(2,3)4/h7,9,17H,5-6H2,1-4H3,(H3,13,14,15,16). The van der Waals surface area contributed by atoms with Crippen LogP contribution in [0.2, 0.25) is 0 Å². The molecule has 0 aliphatic rings. The summed E-state index contributed by atoms with van der Waals surface area (Å²) in [5.74, 6) is 1.00. The normalized spacial score (nSPS) is 13.5. The number of aryl methyl sites for hydroxylation is 1. The van der Waals surface area contributed by atoms with Crippen LogP contribution in [0.15, 0.2) is 6.20 Å². The molecule has 0 bridgehead atoms. The van der Waals surface area contributed by atoms with Crippen LogP contribution in [0.5, 0.6) is 0 Å². The second kappa shape index (κ2) is 5.31. The van der Waals surface area contributed by atoms with Gasteiger partial charge in [-0.3, -0.25) is 0 Å². The number of rotatable bonds is 4. The molecule has 0 aliphatic carbocycles. The number of nitrogens with two attached hydrogens (primary N) is 1. The maximum atomic E-state index is 9.10. The van der Waals surface area contributed by atoms with Gasteiger partial charge in [-0.1, -0.05) is 20.8 Å². The van der Waals surface area contributed by atoms with Gasteiger partial charge in [-0.15, -0.1) is 0 Å². The van der Waals surface area contributed by atoms with Crippen molar-refractivity contribution in [1.29, 1.82) is 0 Å². The number of aromatic nitrogens is 2. The van der Waals surface area contributed by atoms with E-state index in [0.717, 1.165) is 11.4 Å². The minimum atomic E-state index is 0.0366. The summed E-state index contributed by atoms with van der Waals surface area (Å²) < 4.78 is 0. The summed E-state index contributed by atoms with van der Waals surface area (Å²) in [7, 11) is 0. The fraction of sp³-hybridized carbons (Fsp3) is 0.667. The zero-order valence-corrected chi connectivity index (χ0v) is 11.0. The molecule has 0 fully saturated rings. The van der Waals surface area contributed by atoms with Crippen molar-refractivity contribution in [1.82, 2.24) is 9.97 Å². The second-order valence-electron chi connectivity index (χ2n) is 5.34. The van der Waals surface area contributed by atoms with E-state index >= 15 is 0 Å². The molecule has 4 N–H and O–H groups in total. The van der Waals surface area contributed by atoms with E-state index in [1.54, 1.807) is 6.20 Å². The van der Waals surface area contributed by atoms with Crippen LogP contribution >= 0.6 is 0 Å². The van der Waals surface area contributed by atoms with E-state index in [-0.39, 0.29) is 24.0 Å². The van der Waals surface area contributed by atoms with Crippen LogP contribution in [0.25, 0.3) is 0 Å². The second-order valence-corrected chi connectivity index (χ2v) is 5.34. The van der Waals surface area contributed by atoms with Crippen LogP contribution in [-0.4, -0.2) is 27.7 Å². The minimum absolute atomic E-state index is 0.0366. The maximum absolute atomic E-state index is 9.10. The van der Waals surface area contributed by atoms with E-state index < -0.39 is 0 Å². The van der Waals surface area contributed by atoms with Gasteiger partial charge in [0.2, 0.25) is 5.95 Å². The Balaban J connectivity index is 2.89. The molecule has 1 unspecified atom stereocenters. The van der Waals surface area contributed by atoms with Crippen LogP contribution < -0.4 is 11.1 Å². The molecule has 17 heavy (non-hydrogen) atoms. The number of hydrogen-bond donors (Lipinski definition) is 3. The minimum Gasteiger partial charge on any atom is -0.396 e. The first kappa shape index (κ1) is 13.7. The third-order valence-corrected chi connectivity index (χ3v) is 2.76. The number of aliphatic hydroxyl groups is 1. The Hall–Kier alpha value is -1.36. The molecule has 0 saturated carbocycles. The number of aliphatic hydroxyl groups excluding tert-OH is 1. The van der Waals surface area contributed by atoms with E-state index in [1.807, 2.05) is 6.92 Å². The lowest BCUT2D eigenvalue weighted by atomic mass is 9.85. The summed E-state index contributed by atoms with van der Waals surface area (Å²) in [5.41, 5.74) is 6.56. The number of nitrogens with zero attached hydrogens (tertiary/aromatic N) is 2. The average molecular weight is 238 g/mol. The smallest absolute Gasteiger partial charge is 0.221 e. The monoisotopic (exact) mass is 238 g/mol. The molecule has 1 aromatic rings. The lowest BCUT2D eigenvalue weighted by Crippen LogP contribution is -2.35. The van der Waals surface area contributed by atoms with E-state index in [1.165, 1.54) is 0 Å². The number of hydrogen-bond acceptors (Lipinski definition) is 5. The van der Waals surface area contributed by atoms with Gasteiger partial charge >= 0.3 is 0 Å². The van der Waals surface area contributed by atoms with Crippen molar-refractivity contribution in [3.05, 3.63) is 11.8 Å². The van der Waals surface area contributed by atoms with Gasteiger partial charge < -0.3 is 16.2 Å². The summed E-state index contributed by atoms with van der Waals surface area (Å²) in [4.78, 5) is 8.11. The summed E-state index contributed by atoms with van der Waals surface area (Å²) >= 11 is 0. The molecule has 5 nitrogen and oxygen atoms in total. The van der Waals surface area contributed by atoms with E-state index in [2.05, 4.69) is 36.1 Å². The van der Waals surface area contributed by atoms with Crippen molar-refractivity contribution in [3.63, 3.8) is 0 Å². The van der Waals surface area contributed by atoms with Crippen LogP contribution in [0.4, 0.5) is 11.8 Å². The summed E-state index contributed by atoms with van der Waals surface area (Å²) in [6.07, 6.45) is 2.37. The Morgan fingerprint density at radius 2 is 2.12 bits per heavy atom. The van der Waals surface area contributed by atoms with Gasteiger partial charge in [0.15, 0.2) is 0 Å². The zero-order chi connectivity index (χ0) is 13.1. The molecule has 5 heteroatoms. The largest absolute Gasteiger partial charge is 0.396 e. The highest BCUT2D eigenvalue weighted by Gasteiger charge is 2.24. The molecular formula is C12H22N4O. The molecule has 1 rings (SSSR count). The highest BCUT2D eigenvalue weighted by molar-refractivity contribution is 5.46. The quantitative estimate of drug-likeness (QED) is 0.741. The Labute approximate surface area is 102 Å². The van der Waals surface area contributed by atoms with Crippen molar-refractivity contribution in [2.75, 3.05) is 17.7 Å². The molecule has 0 saturated heterocycles. The third kappa shape index (κ3) is 3.85. The van der Waals surface area contributed by atoms with Gasteiger partial charge in [0.25, 0.3) is 0 Å². The summed E-state index contributed by atoms with van der Waals surface area (Å²) in [6, 6.07) is 0.139. The van der Waals surface area contributed by atoms with Gasteiger partial charge in [-0.25, -0.2) is 4.98 Å². The number of anilines is 2. The van der Waals surface area contributed by atoms with Gasteiger partial charge in [0, 0.05) is 24.4 Å². The van der Waals surface area contributed by atoms with Crippen molar-refractivity contribution < 1.29 is 5.11 Å². The lowest BCUT2D eigenvalue weighted by molar-refractivity contribution is 0.235. The Kier molecular flexibility index (Phi) is 4.28. The molecule has 1 atom stereocenters. The number of nitrogen functional groups attached to an aromatic ring is 1. The summed E-state index contributed by atoms with van der Waals surface area (Å²) in [6.45, 7) is 8.45. The molecule has 0 radical (unpaired) electrons. The molecule has 0 aromatic carbocycles. The predicted octanol–water partition coefficient (Wildman–Crippen LogP) is 1.58. The molecule has 0 aliphatic heterocycles. The fourth-order valence-corrected chi connectivity index (χ4v) is 1.62. The maximum Gasteiger partial charge on any atom is 0.221 e. The van der Waals surface area contributed by atoms with Gasteiger partial charge in [0.1, 0.15) is 5.82 Å². The lowest BCUT2D eigenvalue weighted by Gasteiger charge is -2.32. The van der Waals surface area contributed by atoms with E-state index in [9.17, 15) is 0 Å². The SMILES string of the molecule is Cc1cnc(N)nc1NC(CCO)C(C)(C)C. The Morgan fingerprint density at radius 1 is 1.47 bits per heavy atom. The number of nitrogens with one attached hydrogen (secondary N) is 1. The van der Waals surface area contributed by atoms with Crippen molar-refractivity contribution in [2.24, 2.45) is 5.41 Å². The van der Waals surface area contributed by atoms with Crippen LogP contribution in [0.3, 0.4) is 0 Å². The summed E-state index contributed by atoms with van der Waals surface area (Å²) in [5, 5.41) is 12.4. The van der Waals surface area contributed by atoms with Crippen molar-refractivity contribution >= 4 is 11.8 Å². The Bertz CT molecular complexity index is 373. The van der Waals surface area contributed by atoms with E-state index in [4.69, 9.17) is 10.8 Å². The molecule has 0 amide bonds. The first-order valence-corrected chi connectivity index (χ1v) is 5.81. The highest BCUT2D eigenvalue weighted by Crippen LogP contribution is 2.26. The first-order valence-electron chi connectivity index (χ1n) is 5.81. The molecule has 0 spiro atoms. The van der Waals surface area contributed by atoms with Gasteiger partial charge in [0.05, 0.1) is 0 Å². The van der Waals surface area contributed by atoms with Crippen LogP contribution in [0.1, 0.15) is 32.8 Å². The third-order valence-electron chi connectivity index (χ3n) is 2.76. The fourth-order valence-electron chi connectivity index (χ4n) is 1.62. The highest BCUT2D eigenvalue weighted by atomic mass is 16.3. The van der Waals surface area contributed by atoms with Gasteiger partial charge in [-0.2, -0.15) is 4.98 Å². The van der Waals surface area contributed by atoms with E-state index in [0.29, 0.717) is 6.42 Å². The molecule has 1 aromatic heterocycles. The topological polar surface area (TPSA) is 84.1 Å². The van der Waals surface area contributed by atoms with Crippen LogP contribution in [0, 0.1) is 12.3 Å². The van der Waals surface area contributed by atoms with Gasteiger partial charge in [-0.05, 0) is 18.8 Å². The molecule has 1 heterocycles. The first-order chi connectivity index (χ1) is 7.84. The Morgan fingerprint density at radius 3 is 2.65 bits per heavy atom. The van der Waals surface area contributed by atoms with Crippen molar-refractivity contribution in [3.8, 4) is 0 Å². The molecular weight excluding hydrogens is 216 g/mol. The van der Waals surface area contributed by atoms with Crippen molar-refractivity contribution in [2.45, 2.75) is 40.2 Å². The van der Waals surface area contributed by atoms with Crippen LogP contribution in [-0.2, 0) is 0 Å². The zero-order valence-electron chi connectivity index (χ0n) is 11.0.